The number of nitrogens with one attached hydrogen (secondary N) is 2. The van der Waals surface area contributed by atoms with Crippen LogP contribution >= 0.6 is 24.4 Å². The summed E-state index contributed by atoms with van der Waals surface area (Å²) < 4.78 is 0. The van der Waals surface area contributed by atoms with Gasteiger partial charge in [-0.1, -0.05) is 30.3 Å². The molecule has 0 saturated carbocycles. The van der Waals surface area contributed by atoms with Crippen LogP contribution in [-0.4, -0.2) is 42.3 Å². The van der Waals surface area contributed by atoms with Gasteiger partial charge in [0.25, 0.3) is 5.91 Å². The van der Waals surface area contributed by atoms with E-state index in [1.807, 2.05) is 55.5 Å². The minimum atomic E-state index is -0.0407. The van der Waals surface area contributed by atoms with E-state index in [0.29, 0.717) is 17.9 Å². The van der Waals surface area contributed by atoms with Gasteiger partial charge in [0, 0.05) is 35.6 Å². The first-order chi connectivity index (χ1) is 13.0. The summed E-state index contributed by atoms with van der Waals surface area (Å²) in [5.41, 5.74) is 9.49. The van der Waals surface area contributed by atoms with Crippen molar-refractivity contribution in [1.82, 2.24) is 5.32 Å². The number of carbonyl (C=O) groups excluding carboxylic acids is 1. The highest BCUT2D eigenvalue weighted by atomic mass is 32.2. The summed E-state index contributed by atoms with van der Waals surface area (Å²) in [5, 5.41) is 6.45. The number of nitrogens with two attached hydrogens (primary N) is 1. The molecule has 0 saturated heterocycles. The van der Waals surface area contributed by atoms with Crippen molar-refractivity contribution in [2.75, 3.05) is 29.6 Å². The zero-order chi connectivity index (χ0) is 19.6. The van der Waals surface area contributed by atoms with Crippen molar-refractivity contribution in [2.24, 2.45) is 5.73 Å². The maximum absolute atomic E-state index is 12.9. The molecule has 0 bridgehead atoms. The van der Waals surface area contributed by atoms with Gasteiger partial charge in [-0.25, -0.2) is 0 Å². The second kappa shape index (κ2) is 11.3. The fourth-order valence-electron chi connectivity index (χ4n) is 2.69. The van der Waals surface area contributed by atoms with Gasteiger partial charge in [0.2, 0.25) is 0 Å². The Kier molecular flexibility index (Phi) is 9.04. The van der Waals surface area contributed by atoms with E-state index in [1.165, 1.54) is 0 Å². The molecule has 0 aliphatic rings. The van der Waals surface area contributed by atoms with Crippen LogP contribution in [0.3, 0.4) is 0 Å². The Morgan fingerprint density at radius 1 is 1.22 bits per heavy atom. The second-order valence-electron chi connectivity index (χ2n) is 6.61. The molecule has 1 amide bonds. The Balaban J connectivity index is 2.26. The van der Waals surface area contributed by atoms with Crippen molar-refractivity contribution in [3.63, 3.8) is 0 Å². The van der Waals surface area contributed by atoms with Gasteiger partial charge in [0.1, 0.15) is 0 Å². The van der Waals surface area contributed by atoms with Crippen molar-refractivity contribution in [1.29, 1.82) is 0 Å². The molecule has 146 valence electrons. The van der Waals surface area contributed by atoms with Crippen LogP contribution < -0.4 is 16.4 Å². The summed E-state index contributed by atoms with van der Waals surface area (Å²) in [7, 11) is 0. The van der Waals surface area contributed by atoms with Crippen molar-refractivity contribution in [2.45, 2.75) is 25.4 Å². The van der Waals surface area contributed by atoms with Gasteiger partial charge in [0.05, 0.1) is 0 Å². The van der Waals surface area contributed by atoms with Crippen LogP contribution in [-0.2, 0) is 0 Å². The highest BCUT2D eigenvalue weighted by Crippen LogP contribution is 2.27. The first-order valence-corrected chi connectivity index (χ1v) is 11.2. The first kappa shape index (κ1) is 21.7. The molecular weight excluding hydrogens is 374 g/mol. The van der Waals surface area contributed by atoms with Gasteiger partial charge in [-0.3, -0.25) is 4.79 Å². The van der Waals surface area contributed by atoms with E-state index in [4.69, 9.17) is 5.73 Å². The molecule has 0 radical (unpaired) electrons. The van der Waals surface area contributed by atoms with Crippen LogP contribution in [0.5, 0.6) is 0 Å². The molecule has 0 fully saturated rings. The Hall–Kier alpha value is -1.63. The molecule has 0 aromatic heterocycles. The minimum Gasteiger partial charge on any atom is -0.383 e. The molecule has 0 spiro atoms. The van der Waals surface area contributed by atoms with Crippen molar-refractivity contribution in [3.05, 3.63) is 54.1 Å². The number of carbonyl (C=O) groups is 1. The number of rotatable bonds is 10. The monoisotopic (exact) mass is 403 g/mol. The molecule has 0 aliphatic carbocycles. The second-order valence-corrected chi connectivity index (χ2v) is 7.96. The van der Waals surface area contributed by atoms with Crippen LogP contribution in [0.2, 0.25) is 0 Å². The number of thiol groups is 1. The molecule has 2 aromatic rings. The van der Waals surface area contributed by atoms with E-state index in [9.17, 15) is 4.79 Å². The van der Waals surface area contributed by atoms with Crippen LogP contribution in [0, 0.1) is 0 Å². The normalized spacial score (nSPS) is 13.0. The van der Waals surface area contributed by atoms with Crippen molar-refractivity contribution >= 4 is 36.0 Å². The van der Waals surface area contributed by atoms with E-state index >= 15 is 0 Å². The number of hydrogen-bond acceptors (Lipinski definition) is 5. The average Bonchev–Trinajstić information content (AvgIpc) is 2.70. The van der Waals surface area contributed by atoms with Crippen molar-refractivity contribution in [3.8, 4) is 11.1 Å². The lowest BCUT2D eigenvalue weighted by atomic mass is 9.98. The molecule has 2 rings (SSSR count). The van der Waals surface area contributed by atoms with E-state index in [1.54, 1.807) is 11.8 Å². The predicted molar refractivity (Wildman–Crippen MR) is 122 cm³/mol. The summed E-state index contributed by atoms with van der Waals surface area (Å²) >= 11 is 6.01. The molecule has 6 heteroatoms. The molecule has 4 N–H and O–H groups in total. The average molecular weight is 404 g/mol. The summed E-state index contributed by atoms with van der Waals surface area (Å²) in [4.78, 5) is 12.9. The maximum Gasteiger partial charge on any atom is 0.252 e. The largest absolute Gasteiger partial charge is 0.383 e. The molecular formula is C21H29N3OS2. The highest BCUT2D eigenvalue weighted by Gasteiger charge is 2.16. The Morgan fingerprint density at radius 2 is 1.96 bits per heavy atom. The topological polar surface area (TPSA) is 67.2 Å². The van der Waals surface area contributed by atoms with E-state index < -0.39 is 0 Å². The smallest absolute Gasteiger partial charge is 0.252 e. The van der Waals surface area contributed by atoms with E-state index in [2.05, 4.69) is 29.5 Å². The molecule has 27 heavy (non-hydrogen) atoms. The molecule has 2 unspecified atom stereocenters. The quantitative estimate of drug-likeness (QED) is 0.454. The van der Waals surface area contributed by atoms with E-state index in [0.717, 1.165) is 29.0 Å². The summed E-state index contributed by atoms with van der Waals surface area (Å²) in [5.74, 6) is 1.61. The standard InChI is InChI=1S/C21H29N3OS2/c1-15(10-11-27-2)24-21(25)19-9-8-18(23-13-17(22)14-26)12-20(19)16-6-4-3-5-7-16/h3-9,12,15,17,23,26H,10-11,13-14,22H2,1-2H3,(H,24,25). The van der Waals surface area contributed by atoms with Gasteiger partial charge in [-0.2, -0.15) is 24.4 Å². The van der Waals surface area contributed by atoms with Crippen LogP contribution in [0.25, 0.3) is 11.1 Å². The lowest BCUT2D eigenvalue weighted by molar-refractivity contribution is 0.0940. The first-order valence-electron chi connectivity index (χ1n) is 9.14. The molecule has 0 aliphatic heterocycles. The van der Waals surface area contributed by atoms with Gasteiger partial charge < -0.3 is 16.4 Å². The Labute approximate surface area is 172 Å². The fourth-order valence-corrected chi connectivity index (χ4v) is 3.41. The van der Waals surface area contributed by atoms with Gasteiger partial charge >= 0.3 is 0 Å². The molecule has 2 atom stereocenters. The van der Waals surface area contributed by atoms with Gasteiger partial charge in [-0.05, 0) is 54.7 Å². The lowest BCUT2D eigenvalue weighted by Gasteiger charge is -2.17. The molecule has 4 nitrogen and oxygen atoms in total. The van der Waals surface area contributed by atoms with Crippen LogP contribution in [0.15, 0.2) is 48.5 Å². The zero-order valence-electron chi connectivity index (χ0n) is 15.9. The van der Waals surface area contributed by atoms with Crippen molar-refractivity contribution < 1.29 is 4.79 Å². The summed E-state index contributed by atoms with van der Waals surface area (Å²) in [6.07, 6.45) is 3.03. The number of anilines is 1. The highest BCUT2D eigenvalue weighted by molar-refractivity contribution is 7.98. The maximum atomic E-state index is 12.9. The molecule has 2 aromatic carbocycles. The number of hydrogen-bond donors (Lipinski definition) is 4. The zero-order valence-corrected chi connectivity index (χ0v) is 17.7. The minimum absolute atomic E-state index is 0.0197. The third-order valence-corrected chi connectivity index (χ3v) is 5.40. The van der Waals surface area contributed by atoms with Gasteiger partial charge in [0.15, 0.2) is 0 Å². The Bertz CT molecular complexity index is 725. The Morgan fingerprint density at radius 3 is 2.63 bits per heavy atom. The SMILES string of the molecule is CSCCC(C)NC(=O)c1ccc(NCC(N)CS)cc1-c1ccccc1. The van der Waals surface area contributed by atoms with Gasteiger partial charge in [-0.15, -0.1) is 0 Å². The number of thioether (sulfide) groups is 1. The third-order valence-electron chi connectivity index (χ3n) is 4.28. The number of amides is 1. The number of benzene rings is 2. The fraction of sp³-hybridized carbons (Fsp3) is 0.381. The summed E-state index contributed by atoms with van der Waals surface area (Å²) in [6, 6.07) is 15.9. The van der Waals surface area contributed by atoms with Crippen LogP contribution in [0.4, 0.5) is 5.69 Å². The van der Waals surface area contributed by atoms with E-state index in [-0.39, 0.29) is 18.0 Å². The lowest BCUT2D eigenvalue weighted by Crippen LogP contribution is -2.33. The third kappa shape index (κ3) is 6.79. The van der Waals surface area contributed by atoms with Crippen LogP contribution in [0.1, 0.15) is 23.7 Å². The molecule has 0 heterocycles. The predicted octanol–water partition coefficient (Wildman–Crippen LogP) is 3.89. The summed E-state index contributed by atoms with van der Waals surface area (Å²) in [6.45, 7) is 2.68.